The van der Waals surface area contributed by atoms with Crippen LogP contribution in [0.3, 0.4) is 0 Å². The van der Waals surface area contributed by atoms with Crippen LogP contribution in [-0.4, -0.2) is 42.2 Å². The zero-order chi connectivity index (χ0) is 13.0. The highest BCUT2D eigenvalue weighted by Crippen LogP contribution is 2.30. The number of rotatable bonds is 6. The SMILES string of the molecule is CCOC(=O)CN(c1cncc(OC)n1)C1CC1. The van der Waals surface area contributed by atoms with E-state index in [2.05, 4.69) is 9.97 Å². The molecule has 1 aliphatic rings. The van der Waals surface area contributed by atoms with Gasteiger partial charge in [0.05, 0.1) is 26.1 Å². The van der Waals surface area contributed by atoms with Gasteiger partial charge in [-0.1, -0.05) is 0 Å². The number of ether oxygens (including phenoxy) is 2. The summed E-state index contributed by atoms with van der Waals surface area (Å²) in [7, 11) is 1.54. The number of hydrogen-bond acceptors (Lipinski definition) is 6. The second-order valence-electron chi connectivity index (χ2n) is 4.08. The molecule has 1 saturated carbocycles. The van der Waals surface area contributed by atoms with Gasteiger partial charge in [-0.25, -0.2) is 0 Å². The molecule has 0 amide bonds. The third kappa shape index (κ3) is 3.09. The molecule has 0 aromatic carbocycles. The molecule has 1 aromatic heterocycles. The monoisotopic (exact) mass is 251 g/mol. The van der Waals surface area contributed by atoms with E-state index >= 15 is 0 Å². The number of anilines is 1. The van der Waals surface area contributed by atoms with E-state index in [1.165, 1.54) is 0 Å². The summed E-state index contributed by atoms with van der Waals surface area (Å²) in [6.07, 6.45) is 5.32. The quantitative estimate of drug-likeness (QED) is 0.703. The average molecular weight is 251 g/mol. The van der Waals surface area contributed by atoms with Crippen molar-refractivity contribution in [3.8, 4) is 5.88 Å². The Morgan fingerprint density at radius 2 is 2.28 bits per heavy atom. The van der Waals surface area contributed by atoms with E-state index in [1.807, 2.05) is 4.90 Å². The predicted octanol–water partition coefficient (Wildman–Crippen LogP) is 1.02. The van der Waals surface area contributed by atoms with Gasteiger partial charge in [0, 0.05) is 6.04 Å². The Morgan fingerprint density at radius 1 is 1.50 bits per heavy atom. The van der Waals surface area contributed by atoms with Crippen LogP contribution >= 0.6 is 0 Å². The number of hydrogen-bond donors (Lipinski definition) is 0. The molecule has 0 N–H and O–H groups in total. The van der Waals surface area contributed by atoms with E-state index in [-0.39, 0.29) is 12.5 Å². The van der Waals surface area contributed by atoms with E-state index in [0.717, 1.165) is 12.8 Å². The minimum absolute atomic E-state index is 0.209. The first-order valence-electron chi connectivity index (χ1n) is 6.03. The number of nitrogens with zero attached hydrogens (tertiary/aromatic N) is 3. The van der Waals surface area contributed by atoms with Crippen LogP contribution in [0.1, 0.15) is 19.8 Å². The zero-order valence-corrected chi connectivity index (χ0v) is 10.6. The minimum atomic E-state index is -0.242. The van der Waals surface area contributed by atoms with Crippen molar-refractivity contribution < 1.29 is 14.3 Å². The van der Waals surface area contributed by atoms with Crippen LogP contribution in [0, 0.1) is 0 Å². The van der Waals surface area contributed by atoms with Crippen molar-refractivity contribution in [3.63, 3.8) is 0 Å². The first kappa shape index (κ1) is 12.6. The lowest BCUT2D eigenvalue weighted by Crippen LogP contribution is -2.33. The van der Waals surface area contributed by atoms with E-state index in [9.17, 15) is 4.79 Å². The predicted molar refractivity (Wildman–Crippen MR) is 65.6 cm³/mol. The smallest absolute Gasteiger partial charge is 0.325 e. The van der Waals surface area contributed by atoms with Crippen LogP contribution in [0.5, 0.6) is 5.88 Å². The lowest BCUT2D eigenvalue weighted by Gasteiger charge is -2.22. The maximum atomic E-state index is 11.6. The zero-order valence-electron chi connectivity index (χ0n) is 10.6. The van der Waals surface area contributed by atoms with Crippen molar-refractivity contribution in [2.45, 2.75) is 25.8 Å². The first-order valence-corrected chi connectivity index (χ1v) is 6.03. The molecular weight excluding hydrogens is 234 g/mol. The van der Waals surface area contributed by atoms with Crippen LogP contribution in [0.4, 0.5) is 5.82 Å². The molecule has 0 bridgehead atoms. The summed E-state index contributed by atoms with van der Waals surface area (Å²) in [4.78, 5) is 21.9. The van der Waals surface area contributed by atoms with Crippen molar-refractivity contribution in [2.24, 2.45) is 0 Å². The molecule has 18 heavy (non-hydrogen) atoms. The van der Waals surface area contributed by atoms with Gasteiger partial charge in [-0.3, -0.25) is 9.78 Å². The molecule has 0 spiro atoms. The van der Waals surface area contributed by atoms with Gasteiger partial charge in [0.2, 0.25) is 5.88 Å². The molecule has 0 atom stereocenters. The van der Waals surface area contributed by atoms with Crippen LogP contribution in [-0.2, 0) is 9.53 Å². The van der Waals surface area contributed by atoms with Gasteiger partial charge >= 0.3 is 5.97 Å². The highest BCUT2D eigenvalue weighted by molar-refractivity contribution is 5.75. The Bertz CT molecular complexity index is 421. The molecule has 0 aliphatic heterocycles. The molecule has 98 valence electrons. The summed E-state index contributed by atoms with van der Waals surface area (Å²) in [5.74, 6) is 0.862. The number of carbonyl (C=O) groups is 1. The van der Waals surface area contributed by atoms with Crippen LogP contribution in [0.15, 0.2) is 12.4 Å². The summed E-state index contributed by atoms with van der Waals surface area (Å²) >= 11 is 0. The second-order valence-corrected chi connectivity index (χ2v) is 4.08. The standard InChI is InChI=1S/C12H17N3O3/c1-3-18-12(16)8-15(9-4-5-9)10-6-13-7-11(14-10)17-2/h6-7,9H,3-5,8H2,1-2H3. The van der Waals surface area contributed by atoms with Gasteiger partial charge in [0.1, 0.15) is 6.54 Å². The summed E-state index contributed by atoms with van der Waals surface area (Å²) in [6, 6.07) is 0.357. The molecule has 0 unspecified atom stereocenters. The lowest BCUT2D eigenvalue weighted by atomic mass is 10.4. The summed E-state index contributed by atoms with van der Waals surface area (Å²) in [5, 5.41) is 0. The first-order chi connectivity index (χ1) is 8.74. The minimum Gasteiger partial charge on any atom is -0.480 e. The fourth-order valence-corrected chi connectivity index (χ4v) is 1.70. The molecule has 1 aromatic rings. The molecule has 0 saturated heterocycles. The molecule has 2 rings (SSSR count). The number of aromatic nitrogens is 2. The summed E-state index contributed by atoms with van der Waals surface area (Å²) < 4.78 is 10.0. The molecule has 6 nitrogen and oxygen atoms in total. The maximum Gasteiger partial charge on any atom is 0.325 e. The number of methoxy groups -OCH3 is 1. The van der Waals surface area contributed by atoms with E-state index in [1.54, 1.807) is 26.4 Å². The fourth-order valence-electron chi connectivity index (χ4n) is 1.70. The topological polar surface area (TPSA) is 64.5 Å². The fraction of sp³-hybridized carbons (Fsp3) is 0.583. The Kier molecular flexibility index (Phi) is 3.96. The normalized spacial score (nSPS) is 14.1. The third-order valence-corrected chi connectivity index (χ3v) is 2.70. The Hall–Kier alpha value is -1.85. The summed E-state index contributed by atoms with van der Waals surface area (Å²) in [5.41, 5.74) is 0. The lowest BCUT2D eigenvalue weighted by molar-refractivity contribution is -0.141. The van der Waals surface area contributed by atoms with Gasteiger partial charge in [-0.05, 0) is 19.8 Å². The van der Waals surface area contributed by atoms with Crippen LogP contribution in [0.25, 0.3) is 0 Å². The van der Waals surface area contributed by atoms with Crippen LogP contribution in [0.2, 0.25) is 0 Å². The van der Waals surface area contributed by atoms with Crippen LogP contribution < -0.4 is 9.64 Å². The maximum absolute atomic E-state index is 11.6. The van der Waals surface area contributed by atoms with Crippen molar-refractivity contribution in [1.82, 2.24) is 9.97 Å². The van der Waals surface area contributed by atoms with Gasteiger partial charge in [-0.2, -0.15) is 4.98 Å². The number of carbonyl (C=O) groups excluding carboxylic acids is 1. The molecule has 1 fully saturated rings. The molecule has 0 radical (unpaired) electrons. The second kappa shape index (κ2) is 5.66. The largest absolute Gasteiger partial charge is 0.480 e. The van der Waals surface area contributed by atoms with Crippen molar-refractivity contribution in [3.05, 3.63) is 12.4 Å². The Morgan fingerprint density at radius 3 is 2.89 bits per heavy atom. The Labute approximate surface area is 106 Å². The molecule has 6 heteroatoms. The van der Waals surface area contributed by atoms with Crippen molar-refractivity contribution >= 4 is 11.8 Å². The average Bonchev–Trinajstić information content (AvgIpc) is 3.20. The van der Waals surface area contributed by atoms with Gasteiger partial charge in [0.15, 0.2) is 5.82 Å². The molecule has 1 aliphatic carbocycles. The van der Waals surface area contributed by atoms with Gasteiger partial charge in [-0.15, -0.1) is 0 Å². The molecular formula is C12H17N3O3. The number of esters is 1. The van der Waals surface area contributed by atoms with E-state index < -0.39 is 0 Å². The highest BCUT2D eigenvalue weighted by atomic mass is 16.5. The van der Waals surface area contributed by atoms with E-state index in [4.69, 9.17) is 9.47 Å². The summed E-state index contributed by atoms with van der Waals surface area (Å²) in [6.45, 7) is 2.40. The Balaban J connectivity index is 2.11. The molecule has 1 heterocycles. The van der Waals surface area contributed by atoms with E-state index in [0.29, 0.717) is 24.3 Å². The van der Waals surface area contributed by atoms with Crippen molar-refractivity contribution in [1.29, 1.82) is 0 Å². The van der Waals surface area contributed by atoms with Crippen molar-refractivity contribution in [2.75, 3.05) is 25.2 Å². The van der Waals surface area contributed by atoms with Gasteiger partial charge in [0.25, 0.3) is 0 Å². The third-order valence-electron chi connectivity index (χ3n) is 2.70. The van der Waals surface area contributed by atoms with Gasteiger partial charge < -0.3 is 14.4 Å². The highest BCUT2D eigenvalue weighted by Gasteiger charge is 2.32.